The van der Waals surface area contributed by atoms with Gasteiger partial charge in [-0.3, -0.25) is 5.21 Å². The van der Waals surface area contributed by atoms with Gasteiger partial charge in [-0.25, -0.2) is 10.5 Å². The highest BCUT2D eigenvalue weighted by molar-refractivity contribution is 7.11. The van der Waals surface area contributed by atoms with Crippen LogP contribution in [-0.4, -0.2) is 17.2 Å². The third kappa shape index (κ3) is 3.35. The van der Waals surface area contributed by atoms with E-state index >= 15 is 0 Å². The fraction of sp³-hybridized carbons (Fsp3) is 0.444. The highest BCUT2D eigenvalue weighted by Crippen LogP contribution is 2.17. The van der Waals surface area contributed by atoms with Crippen LogP contribution in [0.2, 0.25) is 0 Å². The number of guanidine groups is 1. The van der Waals surface area contributed by atoms with E-state index in [2.05, 4.69) is 24.0 Å². The molecule has 0 spiro atoms. The van der Waals surface area contributed by atoms with Crippen molar-refractivity contribution in [3.05, 3.63) is 21.9 Å². The number of nitrogens with one attached hydrogen (secondary N) is 1. The maximum atomic E-state index is 8.45. The van der Waals surface area contributed by atoms with Crippen molar-refractivity contribution in [2.75, 3.05) is 0 Å². The first-order chi connectivity index (χ1) is 6.61. The van der Waals surface area contributed by atoms with Gasteiger partial charge in [0.15, 0.2) is 0 Å². The molecular weight excluding hydrogens is 198 g/mol. The summed E-state index contributed by atoms with van der Waals surface area (Å²) in [4.78, 5) is 6.62. The topological polar surface area (TPSA) is 70.6 Å². The maximum Gasteiger partial charge on any atom is 0.213 e. The van der Waals surface area contributed by atoms with Crippen molar-refractivity contribution in [3.8, 4) is 0 Å². The predicted octanol–water partition coefficient (Wildman–Crippen LogP) is 1.28. The van der Waals surface area contributed by atoms with Crippen molar-refractivity contribution in [2.24, 2.45) is 10.7 Å². The lowest BCUT2D eigenvalue weighted by atomic mass is 10.2. The number of hydrogen-bond donors (Lipinski definition) is 3. The van der Waals surface area contributed by atoms with Crippen LogP contribution in [0, 0.1) is 6.92 Å². The lowest BCUT2D eigenvalue weighted by molar-refractivity contribution is 0.232. The average Bonchev–Trinajstić information content (AvgIpc) is 2.50. The smallest absolute Gasteiger partial charge is 0.213 e. The average molecular weight is 213 g/mol. The zero-order chi connectivity index (χ0) is 10.6. The number of nitrogens with two attached hydrogens (primary N) is 1. The van der Waals surface area contributed by atoms with E-state index in [1.165, 1.54) is 9.75 Å². The molecule has 0 aliphatic rings. The fourth-order valence-electron chi connectivity index (χ4n) is 1.20. The summed E-state index contributed by atoms with van der Waals surface area (Å²) < 4.78 is 0. The molecule has 0 bridgehead atoms. The van der Waals surface area contributed by atoms with E-state index in [0.29, 0.717) is 0 Å². The first kappa shape index (κ1) is 11.0. The molecule has 0 fully saturated rings. The lowest BCUT2D eigenvalue weighted by Gasteiger charge is -2.05. The van der Waals surface area contributed by atoms with Gasteiger partial charge in [-0.1, -0.05) is 0 Å². The second-order valence-electron chi connectivity index (χ2n) is 3.19. The lowest BCUT2D eigenvalue weighted by Crippen LogP contribution is -2.30. The molecular formula is C9H15N3OS. The molecule has 0 amide bonds. The van der Waals surface area contributed by atoms with Crippen molar-refractivity contribution in [2.45, 2.75) is 26.3 Å². The van der Waals surface area contributed by atoms with E-state index in [4.69, 9.17) is 10.9 Å². The van der Waals surface area contributed by atoms with Gasteiger partial charge in [-0.2, -0.15) is 0 Å². The van der Waals surface area contributed by atoms with E-state index in [9.17, 15) is 0 Å². The number of aliphatic imine (C=N–C) groups is 1. The van der Waals surface area contributed by atoms with Crippen LogP contribution < -0.4 is 11.2 Å². The van der Waals surface area contributed by atoms with E-state index in [-0.39, 0.29) is 12.0 Å². The molecule has 1 aromatic heterocycles. The third-order valence-corrected chi connectivity index (χ3v) is 2.79. The molecule has 0 radical (unpaired) electrons. The van der Waals surface area contributed by atoms with Crippen LogP contribution in [-0.2, 0) is 6.42 Å². The van der Waals surface area contributed by atoms with E-state index in [0.717, 1.165) is 6.42 Å². The quantitative estimate of drug-likeness (QED) is 0.402. The monoisotopic (exact) mass is 213 g/mol. The Hall–Kier alpha value is -1.07. The predicted molar refractivity (Wildman–Crippen MR) is 58.8 cm³/mol. The van der Waals surface area contributed by atoms with Gasteiger partial charge in [0.2, 0.25) is 5.96 Å². The van der Waals surface area contributed by atoms with Crippen molar-refractivity contribution >= 4 is 17.3 Å². The van der Waals surface area contributed by atoms with Crippen LogP contribution in [0.4, 0.5) is 0 Å². The molecule has 0 aromatic carbocycles. The van der Waals surface area contributed by atoms with Crippen LogP contribution in [0.1, 0.15) is 16.7 Å². The Kier molecular flexibility index (Phi) is 3.91. The minimum absolute atomic E-state index is 0.0609. The van der Waals surface area contributed by atoms with Crippen molar-refractivity contribution in [1.82, 2.24) is 5.48 Å². The molecule has 14 heavy (non-hydrogen) atoms. The van der Waals surface area contributed by atoms with Gasteiger partial charge in [0.05, 0.1) is 6.04 Å². The molecule has 1 atom stereocenters. The Bertz CT molecular complexity index is 322. The summed E-state index contributed by atoms with van der Waals surface area (Å²) in [5.74, 6) is 0.0609. The molecule has 1 unspecified atom stereocenters. The van der Waals surface area contributed by atoms with Gasteiger partial charge in [-0.15, -0.1) is 11.3 Å². The summed E-state index contributed by atoms with van der Waals surface area (Å²) in [5, 5.41) is 8.45. The molecule has 78 valence electrons. The molecule has 1 aromatic rings. The largest absolute Gasteiger partial charge is 0.368 e. The summed E-state index contributed by atoms with van der Waals surface area (Å²) in [6, 6.07) is 4.26. The molecule has 5 heteroatoms. The van der Waals surface area contributed by atoms with Gasteiger partial charge in [-0.05, 0) is 26.0 Å². The molecule has 1 heterocycles. The molecule has 0 saturated carbocycles. The number of hydroxylamine groups is 1. The van der Waals surface area contributed by atoms with Crippen molar-refractivity contribution in [1.29, 1.82) is 0 Å². The highest BCUT2D eigenvalue weighted by Gasteiger charge is 2.04. The van der Waals surface area contributed by atoms with E-state index in [1.807, 2.05) is 12.4 Å². The van der Waals surface area contributed by atoms with Gasteiger partial charge in [0, 0.05) is 16.2 Å². The third-order valence-electron chi connectivity index (χ3n) is 1.77. The van der Waals surface area contributed by atoms with Crippen LogP contribution in [0.25, 0.3) is 0 Å². The molecule has 0 aliphatic heterocycles. The van der Waals surface area contributed by atoms with Gasteiger partial charge < -0.3 is 5.73 Å². The Morgan fingerprint density at radius 1 is 1.71 bits per heavy atom. The van der Waals surface area contributed by atoms with Crippen LogP contribution in [0.3, 0.4) is 0 Å². The van der Waals surface area contributed by atoms with Crippen LogP contribution >= 0.6 is 11.3 Å². The first-order valence-corrected chi connectivity index (χ1v) is 5.22. The Balaban J connectivity index is 2.53. The molecule has 1 rings (SSSR count). The summed E-state index contributed by atoms with van der Waals surface area (Å²) in [7, 11) is 0. The normalized spacial score (nSPS) is 14.1. The number of thiophene rings is 1. The number of rotatable bonds is 3. The molecule has 0 aliphatic carbocycles. The van der Waals surface area contributed by atoms with E-state index in [1.54, 1.807) is 11.3 Å². The minimum Gasteiger partial charge on any atom is -0.368 e. The van der Waals surface area contributed by atoms with Crippen LogP contribution in [0.15, 0.2) is 17.1 Å². The Labute approximate surface area is 87.4 Å². The second-order valence-corrected chi connectivity index (χ2v) is 4.56. The maximum absolute atomic E-state index is 8.45. The first-order valence-electron chi connectivity index (χ1n) is 4.40. The molecule has 4 N–H and O–H groups in total. The van der Waals surface area contributed by atoms with Crippen molar-refractivity contribution in [3.63, 3.8) is 0 Å². The van der Waals surface area contributed by atoms with Crippen LogP contribution in [0.5, 0.6) is 0 Å². The minimum atomic E-state index is 0.0609. The Morgan fingerprint density at radius 2 is 2.43 bits per heavy atom. The fourth-order valence-corrected chi connectivity index (χ4v) is 2.21. The number of aryl methyl sites for hydroxylation is 1. The summed E-state index contributed by atoms with van der Waals surface area (Å²) in [5.41, 5.74) is 7.14. The SMILES string of the molecule is Cc1ccc(CC(C)N=C(N)NO)s1. The highest BCUT2D eigenvalue weighted by atomic mass is 32.1. The van der Waals surface area contributed by atoms with Gasteiger partial charge in [0.1, 0.15) is 0 Å². The van der Waals surface area contributed by atoms with Crippen molar-refractivity contribution < 1.29 is 5.21 Å². The standard InChI is InChI=1S/C9H15N3OS/c1-6(11-9(10)12-13)5-8-4-3-7(2)14-8/h3-4,6,13H,5H2,1-2H3,(H3,10,11,12). The zero-order valence-electron chi connectivity index (χ0n) is 8.32. The van der Waals surface area contributed by atoms with E-state index < -0.39 is 0 Å². The molecule has 0 saturated heterocycles. The molecule has 4 nitrogen and oxygen atoms in total. The summed E-state index contributed by atoms with van der Waals surface area (Å²) >= 11 is 1.76. The second kappa shape index (κ2) is 4.97. The van der Waals surface area contributed by atoms with Gasteiger partial charge >= 0.3 is 0 Å². The number of hydrogen-bond acceptors (Lipinski definition) is 3. The zero-order valence-corrected chi connectivity index (χ0v) is 9.14. The number of nitrogens with zero attached hydrogens (tertiary/aromatic N) is 1. The summed E-state index contributed by atoms with van der Waals surface area (Å²) in [6.07, 6.45) is 0.848. The Morgan fingerprint density at radius 3 is 2.93 bits per heavy atom. The van der Waals surface area contributed by atoms with Gasteiger partial charge in [0.25, 0.3) is 0 Å². The summed E-state index contributed by atoms with van der Waals surface area (Å²) in [6.45, 7) is 4.03.